The van der Waals surface area contributed by atoms with Crippen molar-refractivity contribution in [3.05, 3.63) is 54.4 Å². The minimum atomic E-state index is -4.84. The van der Waals surface area contributed by atoms with Crippen LogP contribution in [0.2, 0.25) is 0 Å². The van der Waals surface area contributed by atoms with Crippen LogP contribution in [0.3, 0.4) is 0 Å². The molecule has 0 spiro atoms. The highest BCUT2D eigenvalue weighted by atomic mass is 19.4. The van der Waals surface area contributed by atoms with E-state index < -0.39 is 12.1 Å². The van der Waals surface area contributed by atoms with Crippen LogP contribution >= 0.6 is 0 Å². The summed E-state index contributed by atoms with van der Waals surface area (Å²) in [5, 5.41) is 2.75. The number of carbonyl (C=O) groups excluding carboxylic acids is 2. The van der Waals surface area contributed by atoms with Gasteiger partial charge in [0.25, 0.3) is 5.91 Å². The summed E-state index contributed by atoms with van der Waals surface area (Å²) in [6, 6.07) is 10.3. The fraction of sp³-hybridized carbons (Fsp3) is 0.278. The van der Waals surface area contributed by atoms with E-state index in [0.717, 1.165) is 10.6 Å². The third-order valence-corrected chi connectivity index (χ3v) is 4.22. The van der Waals surface area contributed by atoms with Crippen LogP contribution in [0.5, 0.6) is 0 Å². The van der Waals surface area contributed by atoms with Gasteiger partial charge in [-0.2, -0.15) is 13.2 Å². The van der Waals surface area contributed by atoms with Gasteiger partial charge in [0.1, 0.15) is 0 Å². The molecule has 2 amide bonds. The van der Waals surface area contributed by atoms with Gasteiger partial charge in [-0.15, -0.1) is 0 Å². The molecule has 0 unspecified atom stereocenters. The van der Waals surface area contributed by atoms with Gasteiger partial charge in [-0.25, -0.2) is 0 Å². The number of hydrogen-bond donors (Lipinski definition) is 1. The molecule has 3 rings (SSSR count). The molecule has 2 heterocycles. The van der Waals surface area contributed by atoms with Gasteiger partial charge >= 0.3 is 12.1 Å². The topological polar surface area (TPSA) is 65.5 Å². The molecule has 9 heteroatoms. The number of nitrogens with zero attached hydrogens (tertiary/aromatic N) is 3. The fourth-order valence-corrected chi connectivity index (χ4v) is 2.80. The Morgan fingerprint density at radius 2 is 1.67 bits per heavy atom. The second-order valence-corrected chi connectivity index (χ2v) is 6.02. The number of piperazine rings is 1. The Hall–Kier alpha value is -3.10. The van der Waals surface area contributed by atoms with E-state index in [-0.39, 0.29) is 19.0 Å². The standard InChI is InChI=1S/C18H17F3N4O2/c19-18(20,21)17(27)25-10-8-24(9-11-25)15-5-3-14(4-6-15)23-16(26)13-2-1-7-22-12-13/h1-7,12H,8-11H2,(H,23,26). The number of anilines is 2. The monoisotopic (exact) mass is 378 g/mol. The highest BCUT2D eigenvalue weighted by molar-refractivity contribution is 6.04. The first-order chi connectivity index (χ1) is 12.8. The number of pyridine rings is 1. The minimum Gasteiger partial charge on any atom is -0.368 e. The number of aromatic nitrogens is 1. The van der Waals surface area contributed by atoms with Crippen molar-refractivity contribution >= 4 is 23.2 Å². The molecule has 0 atom stereocenters. The zero-order chi connectivity index (χ0) is 19.4. The third kappa shape index (κ3) is 4.55. The molecule has 1 N–H and O–H groups in total. The molecule has 1 aliphatic rings. The number of rotatable bonds is 3. The van der Waals surface area contributed by atoms with E-state index in [0.29, 0.717) is 24.3 Å². The van der Waals surface area contributed by atoms with Gasteiger partial charge in [0, 0.05) is 49.9 Å². The molecule has 1 aromatic carbocycles. The second kappa shape index (κ2) is 7.65. The summed E-state index contributed by atoms with van der Waals surface area (Å²) in [6.07, 6.45) is -1.80. The molecule has 0 aliphatic carbocycles. The summed E-state index contributed by atoms with van der Waals surface area (Å²) in [6.45, 7) is 0.641. The normalized spacial score (nSPS) is 14.8. The van der Waals surface area contributed by atoms with Gasteiger partial charge in [-0.1, -0.05) is 0 Å². The third-order valence-electron chi connectivity index (χ3n) is 4.22. The molecular weight excluding hydrogens is 361 g/mol. The average molecular weight is 378 g/mol. The molecule has 2 aromatic rings. The number of benzene rings is 1. The molecule has 1 aliphatic heterocycles. The first-order valence-corrected chi connectivity index (χ1v) is 8.27. The number of amides is 2. The summed E-state index contributed by atoms with van der Waals surface area (Å²) >= 11 is 0. The van der Waals surface area contributed by atoms with E-state index in [1.165, 1.54) is 6.20 Å². The Morgan fingerprint density at radius 1 is 1.00 bits per heavy atom. The van der Waals surface area contributed by atoms with Crippen LogP contribution in [0.25, 0.3) is 0 Å². The van der Waals surface area contributed by atoms with Gasteiger partial charge in [0.15, 0.2) is 0 Å². The zero-order valence-electron chi connectivity index (χ0n) is 14.2. The van der Waals surface area contributed by atoms with Gasteiger partial charge in [-0.05, 0) is 36.4 Å². The first kappa shape index (κ1) is 18.7. The van der Waals surface area contributed by atoms with Crippen molar-refractivity contribution in [3.8, 4) is 0 Å². The van der Waals surface area contributed by atoms with Crippen molar-refractivity contribution in [2.45, 2.75) is 6.18 Å². The second-order valence-electron chi connectivity index (χ2n) is 6.02. The molecule has 0 radical (unpaired) electrons. The summed E-state index contributed by atoms with van der Waals surface area (Å²) in [5.74, 6) is -2.08. The fourth-order valence-electron chi connectivity index (χ4n) is 2.80. The quantitative estimate of drug-likeness (QED) is 0.892. The van der Waals surface area contributed by atoms with E-state index >= 15 is 0 Å². The van der Waals surface area contributed by atoms with Crippen molar-refractivity contribution in [3.63, 3.8) is 0 Å². The predicted molar refractivity (Wildman–Crippen MR) is 93.5 cm³/mol. The molecule has 1 fully saturated rings. The van der Waals surface area contributed by atoms with Gasteiger partial charge < -0.3 is 15.1 Å². The summed E-state index contributed by atoms with van der Waals surface area (Å²) < 4.78 is 37.4. The highest BCUT2D eigenvalue weighted by Gasteiger charge is 2.43. The van der Waals surface area contributed by atoms with Gasteiger partial charge in [0.05, 0.1) is 5.56 Å². The summed E-state index contributed by atoms with van der Waals surface area (Å²) in [5.41, 5.74) is 1.85. The van der Waals surface area contributed by atoms with Crippen molar-refractivity contribution in [1.29, 1.82) is 0 Å². The summed E-state index contributed by atoms with van der Waals surface area (Å²) in [7, 11) is 0. The van der Waals surface area contributed by atoms with E-state index in [2.05, 4.69) is 10.3 Å². The number of hydrogen-bond acceptors (Lipinski definition) is 4. The molecule has 1 saturated heterocycles. The Labute approximate surface area is 153 Å². The Balaban J connectivity index is 1.57. The number of halogens is 3. The lowest BCUT2D eigenvalue weighted by atomic mass is 10.2. The highest BCUT2D eigenvalue weighted by Crippen LogP contribution is 2.23. The molecule has 27 heavy (non-hydrogen) atoms. The lowest BCUT2D eigenvalue weighted by Crippen LogP contribution is -2.52. The van der Waals surface area contributed by atoms with E-state index in [4.69, 9.17) is 0 Å². The minimum absolute atomic E-state index is 0.0117. The Kier molecular flexibility index (Phi) is 5.29. The summed E-state index contributed by atoms with van der Waals surface area (Å²) in [4.78, 5) is 30.0. The molecule has 0 bridgehead atoms. The SMILES string of the molecule is O=C(Nc1ccc(N2CCN(C(=O)C(F)(F)F)CC2)cc1)c1cccnc1. The molecular formula is C18H17F3N4O2. The lowest BCUT2D eigenvalue weighted by molar-refractivity contribution is -0.185. The van der Waals surface area contributed by atoms with Crippen LogP contribution in [0, 0.1) is 0 Å². The van der Waals surface area contributed by atoms with Crippen LogP contribution in [-0.4, -0.2) is 54.1 Å². The largest absolute Gasteiger partial charge is 0.471 e. The van der Waals surface area contributed by atoms with E-state index in [1.807, 2.05) is 4.90 Å². The van der Waals surface area contributed by atoms with Gasteiger partial charge in [0.2, 0.25) is 0 Å². The maximum Gasteiger partial charge on any atom is 0.471 e. The van der Waals surface area contributed by atoms with E-state index in [9.17, 15) is 22.8 Å². The maximum absolute atomic E-state index is 12.5. The smallest absolute Gasteiger partial charge is 0.368 e. The van der Waals surface area contributed by atoms with Crippen LogP contribution in [0.1, 0.15) is 10.4 Å². The number of alkyl halides is 3. The number of carbonyl (C=O) groups is 2. The van der Waals surface area contributed by atoms with Crippen LogP contribution in [-0.2, 0) is 4.79 Å². The van der Waals surface area contributed by atoms with Crippen LogP contribution in [0.4, 0.5) is 24.5 Å². The van der Waals surface area contributed by atoms with Crippen LogP contribution < -0.4 is 10.2 Å². The first-order valence-electron chi connectivity index (χ1n) is 8.27. The van der Waals surface area contributed by atoms with Crippen molar-refractivity contribution < 1.29 is 22.8 Å². The molecule has 1 aromatic heterocycles. The lowest BCUT2D eigenvalue weighted by Gasteiger charge is -2.36. The van der Waals surface area contributed by atoms with Gasteiger partial charge in [-0.3, -0.25) is 14.6 Å². The number of nitrogens with one attached hydrogen (secondary N) is 1. The maximum atomic E-state index is 12.5. The zero-order valence-corrected chi connectivity index (χ0v) is 14.2. The van der Waals surface area contributed by atoms with Crippen molar-refractivity contribution in [1.82, 2.24) is 9.88 Å². The Bertz CT molecular complexity index is 802. The van der Waals surface area contributed by atoms with Crippen LogP contribution in [0.15, 0.2) is 48.8 Å². The van der Waals surface area contributed by atoms with Crippen molar-refractivity contribution in [2.24, 2.45) is 0 Å². The molecule has 0 saturated carbocycles. The predicted octanol–water partition coefficient (Wildman–Crippen LogP) is 2.54. The molecule has 6 nitrogen and oxygen atoms in total. The van der Waals surface area contributed by atoms with Crippen molar-refractivity contribution in [2.75, 3.05) is 36.4 Å². The van der Waals surface area contributed by atoms with E-state index in [1.54, 1.807) is 42.6 Å². The Morgan fingerprint density at radius 3 is 2.22 bits per heavy atom. The average Bonchev–Trinajstić information content (AvgIpc) is 2.68. The molecule has 142 valence electrons.